The number of rotatable bonds is 3. The summed E-state index contributed by atoms with van der Waals surface area (Å²) in [5.74, 6) is -1.10. The van der Waals surface area contributed by atoms with E-state index in [2.05, 4.69) is 32.9 Å². The van der Waals surface area contributed by atoms with Gasteiger partial charge in [0.15, 0.2) is 5.92 Å². The number of benzene rings is 1. The lowest BCUT2D eigenvalue weighted by Gasteiger charge is -2.36. The third-order valence-electron chi connectivity index (χ3n) is 5.45. The molecule has 1 saturated heterocycles. The van der Waals surface area contributed by atoms with Crippen LogP contribution < -0.4 is 5.32 Å². The van der Waals surface area contributed by atoms with Crippen molar-refractivity contribution in [2.75, 3.05) is 0 Å². The lowest BCUT2D eigenvalue weighted by molar-refractivity contribution is -0.141. The van der Waals surface area contributed by atoms with Gasteiger partial charge in [-0.3, -0.25) is 24.8 Å². The maximum atomic E-state index is 12.8. The number of fused-ring (bicyclic) bond motifs is 2. The predicted molar refractivity (Wildman–Crippen MR) is 100 cm³/mol. The van der Waals surface area contributed by atoms with Gasteiger partial charge < -0.3 is 0 Å². The molecule has 4 atom stereocenters. The summed E-state index contributed by atoms with van der Waals surface area (Å²) < 4.78 is 1.02. The summed E-state index contributed by atoms with van der Waals surface area (Å²) in [5.41, 5.74) is 0.677. The molecule has 3 fully saturated rings. The van der Waals surface area contributed by atoms with Gasteiger partial charge in [0.05, 0.1) is 5.69 Å². The standard InChI is InChI=1S/C18H18IN3O3/c19-12-2-1-3-13(8-12)20-9-14-16(23)21-18(25)22(17(14)24)15-7-10-4-5-11(15)6-10/h1-3,8-11,14-15H,4-7H2,(H,21,23,25)/t10-,11-,14-,15+/m0/s1. The Hall–Kier alpha value is -1.77. The van der Waals surface area contributed by atoms with Crippen LogP contribution in [0.5, 0.6) is 0 Å². The summed E-state index contributed by atoms with van der Waals surface area (Å²) in [6.07, 6.45) is 5.54. The summed E-state index contributed by atoms with van der Waals surface area (Å²) in [6, 6.07) is 6.82. The van der Waals surface area contributed by atoms with Crippen LogP contribution in [0, 0.1) is 21.3 Å². The molecule has 4 rings (SSSR count). The number of barbiturate groups is 1. The van der Waals surface area contributed by atoms with Crippen LogP contribution in [0.25, 0.3) is 0 Å². The highest BCUT2D eigenvalue weighted by Crippen LogP contribution is 2.47. The molecule has 7 heteroatoms. The van der Waals surface area contributed by atoms with Crippen molar-refractivity contribution in [3.8, 4) is 0 Å². The topological polar surface area (TPSA) is 78.8 Å². The summed E-state index contributed by atoms with van der Waals surface area (Å²) in [6.45, 7) is 0. The van der Waals surface area contributed by atoms with Crippen molar-refractivity contribution in [2.24, 2.45) is 22.7 Å². The Bertz CT molecular complexity index is 779. The van der Waals surface area contributed by atoms with Crippen LogP contribution in [0.2, 0.25) is 0 Å². The van der Waals surface area contributed by atoms with Crippen molar-refractivity contribution in [3.05, 3.63) is 27.8 Å². The van der Waals surface area contributed by atoms with Crippen LogP contribution in [0.4, 0.5) is 10.5 Å². The molecule has 2 aliphatic carbocycles. The Morgan fingerprint density at radius 1 is 1.20 bits per heavy atom. The third-order valence-corrected chi connectivity index (χ3v) is 6.12. The first kappa shape index (κ1) is 16.7. The molecule has 1 aromatic carbocycles. The molecular formula is C18H18IN3O3. The van der Waals surface area contributed by atoms with E-state index in [0.29, 0.717) is 17.5 Å². The molecule has 3 aliphatic rings. The number of carbonyl (C=O) groups excluding carboxylic acids is 3. The summed E-state index contributed by atoms with van der Waals surface area (Å²) in [5, 5.41) is 2.33. The van der Waals surface area contributed by atoms with Gasteiger partial charge in [-0.25, -0.2) is 4.79 Å². The van der Waals surface area contributed by atoms with E-state index >= 15 is 0 Å². The molecule has 1 aliphatic heterocycles. The lowest BCUT2D eigenvalue weighted by atomic mass is 9.92. The van der Waals surface area contributed by atoms with Crippen LogP contribution in [0.1, 0.15) is 25.7 Å². The molecule has 1 heterocycles. The minimum absolute atomic E-state index is 0.0760. The van der Waals surface area contributed by atoms with Gasteiger partial charge in [-0.15, -0.1) is 0 Å². The number of halogens is 1. The molecule has 25 heavy (non-hydrogen) atoms. The second-order valence-corrected chi connectivity index (χ2v) is 8.23. The molecule has 0 radical (unpaired) electrons. The number of urea groups is 1. The van der Waals surface area contributed by atoms with Gasteiger partial charge in [0.1, 0.15) is 0 Å². The fourth-order valence-electron chi connectivity index (χ4n) is 4.30. The quantitative estimate of drug-likeness (QED) is 0.436. The zero-order chi connectivity index (χ0) is 17.6. The highest BCUT2D eigenvalue weighted by molar-refractivity contribution is 14.1. The SMILES string of the molecule is O=C1NC(=O)N([C@@H]2C[C@H]3CC[C@H]2C3)C(=O)[C@H]1C=Nc1cccc(I)c1. The molecule has 6 nitrogen and oxygen atoms in total. The number of nitrogens with zero attached hydrogens (tertiary/aromatic N) is 2. The Balaban J connectivity index is 1.56. The van der Waals surface area contributed by atoms with Gasteiger partial charge in [-0.1, -0.05) is 12.5 Å². The van der Waals surface area contributed by atoms with Crippen LogP contribution in [0.3, 0.4) is 0 Å². The first-order valence-electron chi connectivity index (χ1n) is 8.50. The Morgan fingerprint density at radius 2 is 2.04 bits per heavy atom. The van der Waals surface area contributed by atoms with Gasteiger partial charge >= 0.3 is 6.03 Å². The number of imide groups is 2. The highest BCUT2D eigenvalue weighted by Gasteiger charge is 2.50. The lowest BCUT2D eigenvalue weighted by Crippen LogP contribution is -2.62. The van der Waals surface area contributed by atoms with E-state index in [4.69, 9.17) is 0 Å². The van der Waals surface area contributed by atoms with E-state index in [1.54, 1.807) is 0 Å². The molecule has 2 saturated carbocycles. The van der Waals surface area contributed by atoms with Crippen molar-refractivity contribution >= 4 is 52.3 Å². The van der Waals surface area contributed by atoms with E-state index in [-0.39, 0.29) is 6.04 Å². The first-order valence-corrected chi connectivity index (χ1v) is 9.58. The van der Waals surface area contributed by atoms with Gasteiger partial charge in [0, 0.05) is 15.8 Å². The number of carbonyl (C=O) groups is 3. The zero-order valence-corrected chi connectivity index (χ0v) is 15.7. The van der Waals surface area contributed by atoms with Crippen molar-refractivity contribution in [2.45, 2.75) is 31.7 Å². The second kappa shape index (κ2) is 6.51. The van der Waals surface area contributed by atoms with E-state index in [0.717, 1.165) is 22.8 Å². The number of hydrogen-bond acceptors (Lipinski definition) is 4. The van der Waals surface area contributed by atoms with Crippen molar-refractivity contribution < 1.29 is 14.4 Å². The van der Waals surface area contributed by atoms with Crippen molar-refractivity contribution in [1.82, 2.24) is 10.2 Å². The van der Waals surface area contributed by atoms with Crippen LogP contribution in [-0.4, -0.2) is 35.0 Å². The number of amides is 4. The fourth-order valence-corrected chi connectivity index (χ4v) is 4.82. The number of hydrogen-bond donors (Lipinski definition) is 1. The first-order chi connectivity index (χ1) is 12.0. The molecule has 1 N–H and O–H groups in total. The van der Waals surface area contributed by atoms with Gasteiger partial charge in [-0.2, -0.15) is 0 Å². The van der Waals surface area contributed by atoms with E-state index in [1.807, 2.05) is 24.3 Å². The van der Waals surface area contributed by atoms with Crippen LogP contribution in [0.15, 0.2) is 29.3 Å². The molecule has 0 unspecified atom stereocenters. The summed E-state index contributed by atoms with van der Waals surface area (Å²) >= 11 is 2.18. The zero-order valence-electron chi connectivity index (χ0n) is 13.5. The maximum Gasteiger partial charge on any atom is 0.331 e. The largest absolute Gasteiger partial charge is 0.331 e. The minimum atomic E-state index is -1.05. The van der Waals surface area contributed by atoms with E-state index < -0.39 is 23.8 Å². The van der Waals surface area contributed by atoms with Gasteiger partial charge in [0.2, 0.25) is 11.8 Å². The van der Waals surface area contributed by atoms with Crippen molar-refractivity contribution in [1.29, 1.82) is 0 Å². The molecule has 0 spiro atoms. The molecule has 130 valence electrons. The van der Waals surface area contributed by atoms with E-state index in [9.17, 15) is 14.4 Å². The normalized spacial score (nSPS) is 31.9. The Kier molecular flexibility index (Phi) is 4.35. The van der Waals surface area contributed by atoms with Crippen LogP contribution in [-0.2, 0) is 9.59 Å². The molecule has 4 amide bonds. The Morgan fingerprint density at radius 3 is 2.72 bits per heavy atom. The smallest absolute Gasteiger partial charge is 0.277 e. The Labute approximate surface area is 159 Å². The van der Waals surface area contributed by atoms with Crippen molar-refractivity contribution in [3.63, 3.8) is 0 Å². The average Bonchev–Trinajstić information content (AvgIpc) is 3.17. The maximum absolute atomic E-state index is 12.8. The monoisotopic (exact) mass is 451 g/mol. The highest BCUT2D eigenvalue weighted by atomic mass is 127. The summed E-state index contributed by atoms with van der Waals surface area (Å²) in [4.78, 5) is 42.8. The van der Waals surface area contributed by atoms with Crippen LogP contribution >= 0.6 is 22.6 Å². The predicted octanol–water partition coefficient (Wildman–Crippen LogP) is 2.88. The summed E-state index contributed by atoms with van der Waals surface area (Å²) in [7, 11) is 0. The molecule has 0 aromatic heterocycles. The van der Waals surface area contributed by atoms with Gasteiger partial charge in [-0.05, 0) is 71.9 Å². The molecule has 2 bridgehead atoms. The third kappa shape index (κ3) is 3.09. The number of nitrogens with one attached hydrogen (secondary N) is 1. The van der Waals surface area contributed by atoms with E-state index in [1.165, 1.54) is 17.5 Å². The molecule has 1 aromatic rings. The average molecular weight is 451 g/mol. The minimum Gasteiger partial charge on any atom is -0.277 e. The fraction of sp³-hybridized carbons (Fsp3) is 0.444. The van der Waals surface area contributed by atoms with Gasteiger partial charge in [0.25, 0.3) is 0 Å². The second-order valence-electron chi connectivity index (χ2n) is 6.98. The molecular weight excluding hydrogens is 433 g/mol. The number of aliphatic imine (C=N–C) groups is 1.